The van der Waals surface area contributed by atoms with Crippen molar-refractivity contribution in [3.8, 4) is 11.8 Å². The highest BCUT2D eigenvalue weighted by molar-refractivity contribution is 6.14. The van der Waals surface area contributed by atoms with E-state index in [2.05, 4.69) is 17.2 Å². The molecule has 0 atom stereocenters. The van der Waals surface area contributed by atoms with Gasteiger partial charge in [-0.25, -0.2) is 9.69 Å². The van der Waals surface area contributed by atoms with Crippen LogP contribution in [0.2, 0.25) is 0 Å². The maximum Gasteiger partial charge on any atom is 0.332 e. The molecule has 0 bridgehead atoms. The van der Waals surface area contributed by atoms with Crippen LogP contribution in [0.4, 0.5) is 16.2 Å². The molecule has 0 aliphatic carbocycles. The molecule has 0 aliphatic rings. The molecule has 0 fully saturated rings. The summed E-state index contributed by atoms with van der Waals surface area (Å²) in [7, 11) is 1.25. The van der Waals surface area contributed by atoms with Gasteiger partial charge in [0.15, 0.2) is 0 Å². The predicted octanol–water partition coefficient (Wildman–Crippen LogP) is 3.41. The molecule has 0 saturated carbocycles. The zero-order valence-corrected chi connectivity index (χ0v) is 21.6. The number of hydrogen-bond acceptors (Lipinski definition) is 6. The summed E-state index contributed by atoms with van der Waals surface area (Å²) in [5.74, 6) is 5.19. The molecule has 0 aromatic heterocycles. The van der Waals surface area contributed by atoms with Crippen molar-refractivity contribution < 1.29 is 19.1 Å². The number of urea groups is 1. The number of rotatable bonds is 7. The number of amidine groups is 1. The third-order valence-electron chi connectivity index (χ3n) is 5.49. The number of methoxy groups -OCH3 is 1. The topological polar surface area (TPSA) is 129 Å². The van der Waals surface area contributed by atoms with E-state index in [-0.39, 0.29) is 18.4 Å². The van der Waals surface area contributed by atoms with Crippen molar-refractivity contribution in [3.63, 3.8) is 0 Å². The van der Waals surface area contributed by atoms with E-state index < -0.39 is 17.9 Å². The standard InChI is InChI=1S/C27H33N5O4/c1-17(2)31(16-25(34)36-6)27(35)32(20(5)33)24-15-18(3)22(14-19(24)4)8-7-13-30-23-11-9-21(10-12-23)26(28)29/h9-12,14-15,17,30H,13,16H2,1-6H3,(H3,28,29). The van der Waals surface area contributed by atoms with Crippen molar-refractivity contribution in [2.45, 2.75) is 40.7 Å². The van der Waals surface area contributed by atoms with Crippen LogP contribution in [0.1, 0.15) is 43.0 Å². The second-order valence-corrected chi connectivity index (χ2v) is 8.53. The summed E-state index contributed by atoms with van der Waals surface area (Å²) in [4.78, 5) is 40.0. The first-order valence-electron chi connectivity index (χ1n) is 11.4. The van der Waals surface area contributed by atoms with Crippen LogP contribution in [0.15, 0.2) is 36.4 Å². The van der Waals surface area contributed by atoms with Gasteiger partial charge < -0.3 is 20.7 Å². The lowest BCUT2D eigenvalue weighted by molar-refractivity contribution is -0.141. The summed E-state index contributed by atoms with van der Waals surface area (Å²) in [6, 6.07) is 9.86. The predicted molar refractivity (Wildman–Crippen MR) is 141 cm³/mol. The molecule has 2 rings (SSSR count). The van der Waals surface area contributed by atoms with Crippen LogP contribution in [-0.4, -0.2) is 54.9 Å². The van der Waals surface area contributed by atoms with Crippen molar-refractivity contribution in [3.05, 3.63) is 58.7 Å². The van der Waals surface area contributed by atoms with E-state index in [0.29, 0.717) is 23.4 Å². The molecule has 0 radical (unpaired) electrons. The van der Waals surface area contributed by atoms with Crippen LogP contribution < -0.4 is 16.0 Å². The molecule has 3 amide bonds. The number of carbonyl (C=O) groups is 3. The fourth-order valence-corrected chi connectivity index (χ4v) is 3.44. The monoisotopic (exact) mass is 491 g/mol. The molecule has 9 heteroatoms. The number of nitrogen functional groups attached to an aromatic ring is 1. The van der Waals surface area contributed by atoms with Crippen LogP contribution in [0.25, 0.3) is 0 Å². The molecule has 4 N–H and O–H groups in total. The molecular weight excluding hydrogens is 458 g/mol. The third kappa shape index (κ3) is 7.09. The summed E-state index contributed by atoms with van der Waals surface area (Å²) in [5.41, 5.74) is 9.69. The fraction of sp³-hybridized carbons (Fsp3) is 0.333. The Morgan fingerprint density at radius 1 is 1.11 bits per heavy atom. The van der Waals surface area contributed by atoms with Crippen molar-refractivity contribution in [2.75, 3.05) is 30.4 Å². The summed E-state index contributed by atoms with van der Waals surface area (Å²) in [6.07, 6.45) is 0. The molecule has 0 spiro atoms. The zero-order chi connectivity index (χ0) is 27.0. The van der Waals surface area contributed by atoms with Gasteiger partial charge in [0.25, 0.3) is 0 Å². The number of nitrogens with one attached hydrogen (secondary N) is 2. The lowest BCUT2D eigenvalue weighted by Crippen LogP contribution is -2.50. The molecule has 0 heterocycles. The molecule has 0 saturated heterocycles. The maximum atomic E-state index is 13.3. The lowest BCUT2D eigenvalue weighted by atomic mass is 10.0. The van der Waals surface area contributed by atoms with E-state index in [1.54, 1.807) is 39.0 Å². The van der Waals surface area contributed by atoms with Crippen LogP contribution in [0.3, 0.4) is 0 Å². The van der Waals surface area contributed by atoms with Gasteiger partial charge in [0.1, 0.15) is 12.4 Å². The molecule has 36 heavy (non-hydrogen) atoms. The normalized spacial score (nSPS) is 10.2. The van der Waals surface area contributed by atoms with E-state index in [1.165, 1.54) is 18.9 Å². The second-order valence-electron chi connectivity index (χ2n) is 8.53. The van der Waals surface area contributed by atoms with Gasteiger partial charge in [-0.05, 0) is 75.2 Å². The van der Waals surface area contributed by atoms with Gasteiger partial charge in [-0.3, -0.25) is 15.0 Å². The number of benzene rings is 2. The minimum Gasteiger partial charge on any atom is -0.468 e. The Hall–Kier alpha value is -4.32. The Labute approximate surface area is 212 Å². The Morgan fingerprint density at radius 2 is 1.75 bits per heavy atom. The van der Waals surface area contributed by atoms with E-state index in [9.17, 15) is 14.4 Å². The van der Waals surface area contributed by atoms with Crippen LogP contribution >= 0.6 is 0 Å². The highest BCUT2D eigenvalue weighted by atomic mass is 16.5. The summed E-state index contributed by atoms with van der Waals surface area (Å²) >= 11 is 0. The maximum absolute atomic E-state index is 13.3. The number of aryl methyl sites for hydroxylation is 2. The Kier molecular flexibility index (Phi) is 9.62. The number of nitrogens with two attached hydrogens (primary N) is 1. The summed E-state index contributed by atoms with van der Waals surface area (Å²) in [6.45, 7) is 8.64. The van der Waals surface area contributed by atoms with E-state index >= 15 is 0 Å². The molecule has 2 aromatic rings. The molecular formula is C27H33N5O4. The van der Waals surface area contributed by atoms with Gasteiger partial charge in [0.05, 0.1) is 19.3 Å². The largest absolute Gasteiger partial charge is 0.468 e. The molecule has 0 unspecified atom stereocenters. The van der Waals surface area contributed by atoms with Crippen molar-refractivity contribution in [2.24, 2.45) is 5.73 Å². The number of esters is 1. The van der Waals surface area contributed by atoms with Crippen LogP contribution in [-0.2, 0) is 14.3 Å². The highest BCUT2D eigenvalue weighted by Gasteiger charge is 2.30. The van der Waals surface area contributed by atoms with Crippen LogP contribution in [0, 0.1) is 31.1 Å². The number of hydrogen-bond donors (Lipinski definition) is 3. The number of amides is 3. The summed E-state index contributed by atoms with van der Waals surface area (Å²) < 4.78 is 4.70. The molecule has 9 nitrogen and oxygen atoms in total. The molecule has 2 aromatic carbocycles. The Balaban J connectivity index is 2.24. The number of anilines is 2. The minimum atomic E-state index is -0.593. The number of imide groups is 1. The van der Waals surface area contributed by atoms with Gasteiger partial charge in [-0.15, -0.1) is 0 Å². The molecule has 0 aliphatic heterocycles. The number of carbonyl (C=O) groups excluding carboxylic acids is 3. The van der Waals surface area contributed by atoms with Crippen molar-refractivity contribution >= 4 is 35.1 Å². The van der Waals surface area contributed by atoms with Gasteiger partial charge in [0, 0.05) is 29.8 Å². The third-order valence-corrected chi connectivity index (χ3v) is 5.49. The first-order chi connectivity index (χ1) is 17.0. The van der Waals surface area contributed by atoms with Gasteiger partial charge in [0.2, 0.25) is 5.91 Å². The molecule has 190 valence electrons. The lowest BCUT2D eigenvalue weighted by Gasteiger charge is -2.31. The highest BCUT2D eigenvalue weighted by Crippen LogP contribution is 2.26. The first kappa shape index (κ1) is 27.9. The smallest absolute Gasteiger partial charge is 0.332 e. The van der Waals surface area contributed by atoms with Crippen molar-refractivity contribution in [1.29, 1.82) is 5.41 Å². The average Bonchev–Trinajstić information content (AvgIpc) is 2.82. The fourth-order valence-electron chi connectivity index (χ4n) is 3.44. The first-order valence-corrected chi connectivity index (χ1v) is 11.4. The SMILES string of the molecule is COC(=O)CN(C(=O)N(C(C)=O)c1cc(C)c(C#CCNc2ccc(C(=N)N)cc2)cc1C)C(C)C. The number of ether oxygens (including phenoxy) is 1. The minimum absolute atomic E-state index is 0.0149. The van der Waals surface area contributed by atoms with E-state index in [1.807, 2.05) is 25.1 Å². The van der Waals surface area contributed by atoms with E-state index in [4.69, 9.17) is 15.9 Å². The van der Waals surface area contributed by atoms with Crippen LogP contribution in [0.5, 0.6) is 0 Å². The van der Waals surface area contributed by atoms with Gasteiger partial charge >= 0.3 is 12.0 Å². The Morgan fingerprint density at radius 3 is 2.28 bits per heavy atom. The average molecular weight is 492 g/mol. The summed E-state index contributed by atoms with van der Waals surface area (Å²) in [5, 5.41) is 10.6. The quantitative estimate of drug-likeness (QED) is 0.236. The Bertz CT molecular complexity index is 1210. The van der Waals surface area contributed by atoms with Gasteiger partial charge in [-0.1, -0.05) is 11.8 Å². The van der Waals surface area contributed by atoms with Crippen molar-refractivity contribution in [1.82, 2.24) is 4.90 Å². The number of nitrogens with zero attached hydrogens (tertiary/aromatic N) is 2. The van der Waals surface area contributed by atoms with Gasteiger partial charge in [-0.2, -0.15) is 0 Å². The van der Waals surface area contributed by atoms with E-state index in [0.717, 1.165) is 21.7 Å². The second kappa shape index (κ2) is 12.4. The zero-order valence-electron chi connectivity index (χ0n) is 21.6.